The van der Waals surface area contributed by atoms with Crippen molar-refractivity contribution >= 4 is 17.5 Å². The number of aryl methyl sites for hydroxylation is 2. The molecule has 4 rings (SSSR count). The molecular weight excluding hydrogens is 555 g/mol. The van der Waals surface area contributed by atoms with Gasteiger partial charge >= 0.3 is 6.36 Å². The lowest BCUT2D eigenvalue weighted by Crippen LogP contribution is -2.17. The number of unbranched alkanes of at least 4 members (excludes halogenated alkanes) is 1. The SMILES string of the molecule is O=C(Cc1cc(-c2cccc(OC(F)(F)F)c2)ccn1)Nc1ccc(CCCCn2cc(C(=O)CCCO)nn2)nn1. The standard InChI is InChI=1S/C28H28F3N7O4/c29-28(30,31)42-23-7-3-5-19(16-23)20-11-12-32-22(15-20)17-27(41)33-26-10-9-21(34-36-26)6-1-2-13-38-18-24(35-37-38)25(40)8-4-14-39/h3,5,7,9-12,15-16,18,39H,1-2,4,6,8,13-14,17H2,(H,33,36,41). The first-order chi connectivity index (χ1) is 20.2. The molecule has 2 N–H and O–H groups in total. The molecular formula is C28H28F3N7O4. The Morgan fingerprint density at radius 3 is 2.55 bits per heavy atom. The molecule has 1 aromatic carbocycles. The van der Waals surface area contributed by atoms with Crippen LogP contribution in [0.2, 0.25) is 0 Å². The van der Waals surface area contributed by atoms with Crippen LogP contribution in [0.1, 0.15) is 47.6 Å². The van der Waals surface area contributed by atoms with Gasteiger partial charge in [-0.3, -0.25) is 19.3 Å². The van der Waals surface area contributed by atoms with Gasteiger partial charge in [-0.25, -0.2) is 0 Å². The third-order valence-corrected chi connectivity index (χ3v) is 6.00. The third-order valence-electron chi connectivity index (χ3n) is 6.00. The van der Waals surface area contributed by atoms with Crippen molar-refractivity contribution in [2.24, 2.45) is 0 Å². The van der Waals surface area contributed by atoms with Crippen molar-refractivity contribution in [3.8, 4) is 16.9 Å². The number of aliphatic hydroxyl groups is 1. The van der Waals surface area contributed by atoms with Gasteiger partial charge in [0, 0.05) is 25.8 Å². The molecule has 0 radical (unpaired) electrons. The van der Waals surface area contributed by atoms with Crippen LogP contribution >= 0.6 is 0 Å². The van der Waals surface area contributed by atoms with Crippen LogP contribution in [0.4, 0.5) is 19.0 Å². The number of nitrogens with zero attached hydrogens (tertiary/aromatic N) is 6. The molecule has 1 amide bonds. The van der Waals surface area contributed by atoms with E-state index < -0.39 is 6.36 Å². The zero-order valence-electron chi connectivity index (χ0n) is 22.4. The van der Waals surface area contributed by atoms with Crippen LogP contribution in [0, 0.1) is 0 Å². The Morgan fingerprint density at radius 2 is 1.79 bits per heavy atom. The van der Waals surface area contributed by atoms with Gasteiger partial charge in [-0.1, -0.05) is 17.3 Å². The fourth-order valence-electron chi connectivity index (χ4n) is 4.02. The predicted octanol–water partition coefficient (Wildman–Crippen LogP) is 4.19. The van der Waals surface area contributed by atoms with Crippen molar-refractivity contribution in [1.82, 2.24) is 30.2 Å². The molecule has 14 heteroatoms. The van der Waals surface area contributed by atoms with E-state index >= 15 is 0 Å². The Morgan fingerprint density at radius 1 is 0.952 bits per heavy atom. The summed E-state index contributed by atoms with van der Waals surface area (Å²) in [6, 6.07) is 12.2. The second-order valence-electron chi connectivity index (χ2n) is 9.32. The molecule has 42 heavy (non-hydrogen) atoms. The fourth-order valence-corrected chi connectivity index (χ4v) is 4.02. The maximum atomic E-state index is 12.6. The number of pyridine rings is 1. The summed E-state index contributed by atoms with van der Waals surface area (Å²) >= 11 is 0. The summed E-state index contributed by atoms with van der Waals surface area (Å²) in [5.41, 5.74) is 2.53. The number of ketones is 1. The van der Waals surface area contributed by atoms with E-state index in [0.717, 1.165) is 18.5 Å². The molecule has 0 aliphatic carbocycles. The van der Waals surface area contributed by atoms with Crippen LogP contribution in [0.15, 0.2) is 60.9 Å². The van der Waals surface area contributed by atoms with Crippen LogP contribution in [0.25, 0.3) is 11.1 Å². The van der Waals surface area contributed by atoms with Crippen LogP contribution in [-0.2, 0) is 24.2 Å². The Bertz CT molecular complexity index is 1490. The maximum Gasteiger partial charge on any atom is 0.573 e. The van der Waals surface area contributed by atoms with Crippen molar-refractivity contribution in [2.45, 2.75) is 51.4 Å². The number of alkyl halides is 3. The van der Waals surface area contributed by atoms with E-state index in [1.807, 2.05) is 0 Å². The third kappa shape index (κ3) is 9.44. The first-order valence-corrected chi connectivity index (χ1v) is 13.2. The topological polar surface area (TPSA) is 145 Å². The molecule has 0 spiro atoms. The fraction of sp³-hybridized carbons (Fsp3) is 0.321. The van der Waals surface area contributed by atoms with Gasteiger partial charge in [0.05, 0.1) is 24.0 Å². The normalized spacial score (nSPS) is 11.3. The molecule has 3 aromatic heterocycles. The highest BCUT2D eigenvalue weighted by Gasteiger charge is 2.31. The second-order valence-corrected chi connectivity index (χ2v) is 9.32. The average Bonchev–Trinajstić information content (AvgIpc) is 3.43. The summed E-state index contributed by atoms with van der Waals surface area (Å²) in [6.45, 7) is 0.542. The van der Waals surface area contributed by atoms with Crippen molar-refractivity contribution in [3.05, 3.63) is 78.0 Å². The first-order valence-electron chi connectivity index (χ1n) is 13.2. The molecule has 0 atom stereocenters. The maximum absolute atomic E-state index is 12.6. The minimum Gasteiger partial charge on any atom is -0.406 e. The predicted molar refractivity (Wildman–Crippen MR) is 144 cm³/mol. The molecule has 0 aliphatic heterocycles. The minimum atomic E-state index is -4.80. The molecule has 4 aromatic rings. The molecule has 0 saturated carbocycles. The number of carbonyl (C=O) groups excluding carboxylic acids is 2. The first kappa shape index (κ1) is 30.2. The molecule has 0 fully saturated rings. The number of Topliss-reactive ketones (excluding diaryl/α,β-unsaturated/α-hetero) is 1. The number of hydrogen-bond acceptors (Lipinski definition) is 9. The second kappa shape index (κ2) is 14.3. The Labute approximate surface area is 238 Å². The van der Waals surface area contributed by atoms with Crippen molar-refractivity contribution in [1.29, 1.82) is 0 Å². The Hall–Kier alpha value is -4.72. The van der Waals surface area contributed by atoms with Gasteiger partial charge in [-0.05, 0) is 73.2 Å². The number of ether oxygens (including phenoxy) is 1. The number of carbonyl (C=O) groups is 2. The van der Waals surface area contributed by atoms with E-state index in [2.05, 4.69) is 35.5 Å². The number of anilines is 1. The lowest BCUT2D eigenvalue weighted by atomic mass is 10.1. The van der Waals surface area contributed by atoms with Gasteiger partial charge in [0.25, 0.3) is 0 Å². The highest BCUT2D eigenvalue weighted by Crippen LogP contribution is 2.28. The van der Waals surface area contributed by atoms with Gasteiger partial charge < -0.3 is 15.2 Å². The monoisotopic (exact) mass is 583 g/mol. The van der Waals surface area contributed by atoms with E-state index in [1.54, 1.807) is 41.2 Å². The number of aromatic nitrogens is 6. The van der Waals surface area contributed by atoms with Crippen LogP contribution < -0.4 is 10.1 Å². The van der Waals surface area contributed by atoms with E-state index in [4.69, 9.17) is 5.11 Å². The van der Waals surface area contributed by atoms with Gasteiger partial charge in [0.2, 0.25) is 5.91 Å². The molecule has 0 unspecified atom stereocenters. The van der Waals surface area contributed by atoms with Gasteiger partial charge in [0.1, 0.15) is 11.4 Å². The Kier molecular flexibility index (Phi) is 10.3. The summed E-state index contributed by atoms with van der Waals surface area (Å²) in [6.07, 6.45) is 1.06. The summed E-state index contributed by atoms with van der Waals surface area (Å²) in [5, 5.41) is 27.6. The van der Waals surface area contributed by atoms with E-state index in [9.17, 15) is 22.8 Å². The number of nitrogens with one attached hydrogen (secondary N) is 1. The summed E-state index contributed by atoms with van der Waals surface area (Å²) in [5.74, 6) is -0.589. The summed E-state index contributed by atoms with van der Waals surface area (Å²) in [4.78, 5) is 28.7. The molecule has 220 valence electrons. The number of benzene rings is 1. The number of aliphatic hydroxyl groups excluding tert-OH is 1. The summed E-state index contributed by atoms with van der Waals surface area (Å²) < 4.78 is 43.3. The van der Waals surface area contributed by atoms with E-state index in [1.165, 1.54) is 24.4 Å². The number of amides is 1. The number of halogens is 3. The van der Waals surface area contributed by atoms with E-state index in [0.29, 0.717) is 41.9 Å². The van der Waals surface area contributed by atoms with Gasteiger partial charge in [-0.15, -0.1) is 23.4 Å². The molecule has 0 saturated heterocycles. The zero-order chi connectivity index (χ0) is 30.0. The average molecular weight is 584 g/mol. The van der Waals surface area contributed by atoms with Crippen LogP contribution in [-0.4, -0.2) is 59.9 Å². The quantitative estimate of drug-likeness (QED) is 0.165. The smallest absolute Gasteiger partial charge is 0.406 e. The largest absolute Gasteiger partial charge is 0.573 e. The number of rotatable bonds is 14. The molecule has 11 nitrogen and oxygen atoms in total. The lowest BCUT2D eigenvalue weighted by Gasteiger charge is -2.10. The molecule has 0 aliphatic rings. The highest BCUT2D eigenvalue weighted by atomic mass is 19.4. The molecule has 0 bridgehead atoms. The zero-order valence-corrected chi connectivity index (χ0v) is 22.4. The lowest BCUT2D eigenvalue weighted by molar-refractivity contribution is -0.274. The minimum absolute atomic E-state index is 0.0456. The van der Waals surface area contributed by atoms with E-state index in [-0.39, 0.29) is 42.7 Å². The van der Waals surface area contributed by atoms with Gasteiger partial charge in [0.15, 0.2) is 11.6 Å². The number of hydrogen-bond donors (Lipinski definition) is 2. The Balaban J connectivity index is 1.23. The highest BCUT2D eigenvalue weighted by molar-refractivity contribution is 5.93. The van der Waals surface area contributed by atoms with Crippen molar-refractivity contribution in [3.63, 3.8) is 0 Å². The van der Waals surface area contributed by atoms with Crippen molar-refractivity contribution in [2.75, 3.05) is 11.9 Å². The van der Waals surface area contributed by atoms with Crippen molar-refractivity contribution < 1.29 is 32.6 Å². The molecule has 3 heterocycles. The van der Waals surface area contributed by atoms with Crippen LogP contribution in [0.3, 0.4) is 0 Å². The van der Waals surface area contributed by atoms with Crippen LogP contribution in [0.5, 0.6) is 5.75 Å². The van der Waals surface area contributed by atoms with Gasteiger partial charge in [-0.2, -0.15) is 5.10 Å². The summed E-state index contributed by atoms with van der Waals surface area (Å²) in [7, 11) is 0.